The van der Waals surface area contributed by atoms with Crippen LogP contribution >= 0.6 is 0 Å². The van der Waals surface area contributed by atoms with E-state index in [9.17, 15) is 14.7 Å². The number of carbonyl (C=O) groups excluding carboxylic acids is 2. The van der Waals surface area contributed by atoms with Gasteiger partial charge in [-0.2, -0.15) is 5.10 Å². The second-order valence-electron chi connectivity index (χ2n) is 6.55. The van der Waals surface area contributed by atoms with Gasteiger partial charge < -0.3 is 9.84 Å². The summed E-state index contributed by atoms with van der Waals surface area (Å²) in [4.78, 5) is 26.6. The highest BCUT2D eigenvalue weighted by Gasteiger charge is 2.42. The molecule has 28 heavy (non-hydrogen) atoms. The zero-order valence-electron chi connectivity index (χ0n) is 15.5. The van der Waals surface area contributed by atoms with E-state index in [1.165, 1.54) is 0 Å². The molecule has 0 spiro atoms. The fourth-order valence-electron chi connectivity index (χ4n) is 3.55. The van der Waals surface area contributed by atoms with Crippen molar-refractivity contribution < 1.29 is 19.4 Å². The summed E-state index contributed by atoms with van der Waals surface area (Å²) < 4.78 is 5.01. The lowest BCUT2D eigenvalue weighted by molar-refractivity contribution is 0.0526. The second kappa shape index (κ2) is 6.84. The van der Waals surface area contributed by atoms with Crippen LogP contribution in [0.2, 0.25) is 0 Å². The molecule has 0 bridgehead atoms. The van der Waals surface area contributed by atoms with Crippen LogP contribution in [-0.2, 0) is 4.74 Å². The molecule has 0 saturated heterocycles. The lowest BCUT2D eigenvalue weighted by atomic mass is 9.98. The molecule has 142 valence electrons. The SMILES string of the molecule is CCOC(=O)c1ccc(N2C(=O)c3n[nH]c(C)c3[C@H]2c2cccc(O)c2)cc1. The predicted molar refractivity (Wildman–Crippen MR) is 102 cm³/mol. The number of ether oxygens (including phenoxy) is 1. The predicted octanol–water partition coefficient (Wildman–Crippen LogP) is 3.35. The first-order valence-corrected chi connectivity index (χ1v) is 8.95. The average molecular weight is 377 g/mol. The molecular formula is C21H19N3O4. The van der Waals surface area contributed by atoms with Crippen molar-refractivity contribution in [2.45, 2.75) is 19.9 Å². The number of aromatic hydroxyl groups is 1. The van der Waals surface area contributed by atoms with Gasteiger partial charge in [-0.25, -0.2) is 4.79 Å². The normalized spacial score (nSPS) is 15.6. The molecule has 1 aliphatic rings. The van der Waals surface area contributed by atoms with Gasteiger partial charge in [-0.3, -0.25) is 14.8 Å². The molecule has 0 aliphatic carbocycles. The van der Waals surface area contributed by atoms with Gasteiger partial charge in [0.1, 0.15) is 5.75 Å². The number of aromatic nitrogens is 2. The first kappa shape index (κ1) is 17.8. The molecule has 1 atom stereocenters. The van der Waals surface area contributed by atoms with Crippen molar-refractivity contribution in [3.05, 3.63) is 76.6 Å². The van der Waals surface area contributed by atoms with Crippen LogP contribution in [-0.4, -0.2) is 33.8 Å². The number of fused-ring (bicyclic) bond motifs is 1. The van der Waals surface area contributed by atoms with E-state index in [1.807, 2.05) is 13.0 Å². The van der Waals surface area contributed by atoms with E-state index in [1.54, 1.807) is 54.3 Å². The largest absolute Gasteiger partial charge is 0.508 e. The van der Waals surface area contributed by atoms with Crippen molar-refractivity contribution in [1.29, 1.82) is 0 Å². The summed E-state index contributed by atoms with van der Waals surface area (Å²) in [6.07, 6.45) is 0. The molecule has 1 amide bonds. The van der Waals surface area contributed by atoms with Gasteiger partial charge in [-0.05, 0) is 55.8 Å². The molecule has 1 aromatic heterocycles. The van der Waals surface area contributed by atoms with Crippen molar-refractivity contribution in [1.82, 2.24) is 10.2 Å². The Morgan fingerprint density at radius 2 is 2.00 bits per heavy atom. The van der Waals surface area contributed by atoms with E-state index < -0.39 is 12.0 Å². The Labute approximate surface area is 161 Å². The Balaban J connectivity index is 1.79. The maximum atomic E-state index is 13.1. The number of hydrogen-bond donors (Lipinski definition) is 2. The number of nitrogens with one attached hydrogen (secondary N) is 1. The van der Waals surface area contributed by atoms with Gasteiger partial charge in [0, 0.05) is 16.9 Å². The number of esters is 1. The molecule has 4 rings (SSSR count). The van der Waals surface area contributed by atoms with E-state index in [0.717, 1.165) is 16.8 Å². The summed E-state index contributed by atoms with van der Waals surface area (Å²) in [5.74, 6) is -0.524. The highest BCUT2D eigenvalue weighted by Crippen LogP contribution is 2.42. The average Bonchev–Trinajstić information content (AvgIpc) is 3.20. The summed E-state index contributed by atoms with van der Waals surface area (Å²) in [5, 5.41) is 17.0. The molecule has 2 N–H and O–H groups in total. The third-order valence-corrected chi connectivity index (χ3v) is 4.79. The van der Waals surface area contributed by atoms with Gasteiger partial charge in [0.05, 0.1) is 18.2 Å². The maximum absolute atomic E-state index is 13.1. The van der Waals surface area contributed by atoms with Crippen LogP contribution in [0.1, 0.15) is 50.6 Å². The highest BCUT2D eigenvalue weighted by molar-refractivity contribution is 6.10. The molecule has 0 radical (unpaired) electrons. The van der Waals surface area contributed by atoms with Crippen LogP contribution < -0.4 is 4.90 Å². The number of aryl methyl sites for hydroxylation is 1. The molecule has 0 saturated carbocycles. The van der Waals surface area contributed by atoms with Gasteiger partial charge >= 0.3 is 5.97 Å². The number of nitrogens with zero attached hydrogens (tertiary/aromatic N) is 2. The highest BCUT2D eigenvalue weighted by atomic mass is 16.5. The fourth-order valence-corrected chi connectivity index (χ4v) is 3.55. The lowest BCUT2D eigenvalue weighted by Gasteiger charge is -2.26. The summed E-state index contributed by atoms with van der Waals surface area (Å²) in [5.41, 5.74) is 3.75. The molecular weight excluding hydrogens is 358 g/mol. The molecule has 7 heteroatoms. The summed E-state index contributed by atoms with van der Waals surface area (Å²) >= 11 is 0. The lowest BCUT2D eigenvalue weighted by Crippen LogP contribution is -2.29. The van der Waals surface area contributed by atoms with Crippen molar-refractivity contribution in [3.63, 3.8) is 0 Å². The monoisotopic (exact) mass is 377 g/mol. The zero-order chi connectivity index (χ0) is 19.8. The Morgan fingerprint density at radius 1 is 1.25 bits per heavy atom. The topological polar surface area (TPSA) is 95.5 Å². The number of H-pyrrole nitrogens is 1. The van der Waals surface area contributed by atoms with Crippen molar-refractivity contribution in [3.8, 4) is 5.75 Å². The first-order chi connectivity index (χ1) is 13.5. The Bertz CT molecular complexity index is 1060. The van der Waals surface area contributed by atoms with E-state index in [4.69, 9.17) is 4.74 Å². The first-order valence-electron chi connectivity index (χ1n) is 8.95. The molecule has 1 aliphatic heterocycles. The minimum absolute atomic E-state index is 0.122. The van der Waals surface area contributed by atoms with Crippen molar-refractivity contribution in [2.75, 3.05) is 11.5 Å². The number of anilines is 1. The standard InChI is InChI=1S/C21H19N3O4/c1-3-28-21(27)13-7-9-15(10-8-13)24-19(14-5-4-6-16(25)11-14)17-12(2)22-23-18(17)20(24)26/h4-11,19,25H,3H2,1-2H3,(H,22,23)/t19-/m1/s1. The van der Waals surface area contributed by atoms with Gasteiger partial charge in [-0.1, -0.05) is 12.1 Å². The summed E-state index contributed by atoms with van der Waals surface area (Å²) in [7, 11) is 0. The van der Waals surface area contributed by atoms with Gasteiger partial charge in [0.2, 0.25) is 0 Å². The molecule has 7 nitrogen and oxygen atoms in total. The van der Waals surface area contributed by atoms with Crippen molar-refractivity contribution >= 4 is 17.6 Å². The minimum Gasteiger partial charge on any atom is -0.508 e. The molecule has 3 aromatic rings. The van der Waals surface area contributed by atoms with Crippen LogP contribution in [0, 0.1) is 6.92 Å². The second-order valence-corrected chi connectivity index (χ2v) is 6.55. The quantitative estimate of drug-likeness (QED) is 0.680. The number of aromatic amines is 1. The van der Waals surface area contributed by atoms with Crippen LogP contribution in [0.15, 0.2) is 48.5 Å². The number of amides is 1. The minimum atomic E-state index is -0.429. The fraction of sp³-hybridized carbons (Fsp3) is 0.190. The van der Waals surface area contributed by atoms with Gasteiger partial charge in [0.25, 0.3) is 5.91 Å². The zero-order valence-corrected chi connectivity index (χ0v) is 15.5. The molecule has 0 unspecified atom stereocenters. The number of rotatable bonds is 4. The maximum Gasteiger partial charge on any atom is 0.338 e. The molecule has 2 heterocycles. The number of carbonyl (C=O) groups is 2. The number of hydrogen-bond acceptors (Lipinski definition) is 5. The van der Waals surface area contributed by atoms with Crippen LogP contribution in [0.3, 0.4) is 0 Å². The van der Waals surface area contributed by atoms with Crippen LogP contribution in [0.5, 0.6) is 5.75 Å². The number of phenols is 1. The Morgan fingerprint density at radius 3 is 2.68 bits per heavy atom. The smallest absolute Gasteiger partial charge is 0.338 e. The Hall–Kier alpha value is -3.61. The summed E-state index contributed by atoms with van der Waals surface area (Å²) in [6.45, 7) is 3.91. The van der Waals surface area contributed by atoms with Crippen molar-refractivity contribution in [2.24, 2.45) is 0 Å². The Kier molecular flexibility index (Phi) is 4.35. The van der Waals surface area contributed by atoms with E-state index in [2.05, 4.69) is 10.2 Å². The summed E-state index contributed by atoms with van der Waals surface area (Å²) in [6, 6.07) is 13.1. The number of phenolic OH excluding ortho intramolecular Hbond substituents is 1. The van der Waals surface area contributed by atoms with E-state index in [-0.39, 0.29) is 11.7 Å². The molecule has 0 fully saturated rings. The van der Waals surface area contributed by atoms with Crippen LogP contribution in [0.4, 0.5) is 5.69 Å². The van der Waals surface area contributed by atoms with Gasteiger partial charge in [0.15, 0.2) is 5.69 Å². The van der Waals surface area contributed by atoms with Gasteiger partial charge in [-0.15, -0.1) is 0 Å². The van der Waals surface area contributed by atoms with Crippen LogP contribution in [0.25, 0.3) is 0 Å². The van der Waals surface area contributed by atoms with E-state index in [0.29, 0.717) is 23.6 Å². The third kappa shape index (κ3) is 2.81. The number of benzene rings is 2. The molecule has 2 aromatic carbocycles. The van der Waals surface area contributed by atoms with E-state index >= 15 is 0 Å². The third-order valence-electron chi connectivity index (χ3n) is 4.79.